The Morgan fingerprint density at radius 2 is 0.725 bits per heavy atom. The highest BCUT2D eigenvalue weighted by molar-refractivity contribution is 6.16. The molecule has 0 aliphatic carbocycles. The number of nitrogens with zero attached hydrogens (tertiary/aromatic N) is 2. The van der Waals surface area contributed by atoms with Crippen LogP contribution in [0, 0.1) is 0 Å². The molecular formula is C48H30N2O. The molecule has 3 heterocycles. The van der Waals surface area contributed by atoms with Gasteiger partial charge >= 0.3 is 0 Å². The topological polar surface area (TPSA) is 23.0 Å². The largest absolute Gasteiger partial charge is 0.456 e. The average Bonchev–Trinajstić information content (AvgIpc) is 3.86. The van der Waals surface area contributed by atoms with Gasteiger partial charge in [-0.2, -0.15) is 0 Å². The second-order valence-corrected chi connectivity index (χ2v) is 13.3. The molecule has 0 spiro atoms. The minimum absolute atomic E-state index is 0.877. The molecule has 238 valence electrons. The first kappa shape index (κ1) is 28.0. The molecule has 11 rings (SSSR count). The monoisotopic (exact) mass is 650 g/mol. The van der Waals surface area contributed by atoms with Crippen LogP contribution in [0.1, 0.15) is 0 Å². The Balaban J connectivity index is 1.18. The van der Waals surface area contributed by atoms with Gasteiger partial charge in [0.25, 0.3) is 0 Å². The van der Waals surface area contributed by atoms with Crippen LogP contribution in [0.4, 0.5) is 0 Å². The van der Waals surface area contributed by atoms with Crippen molar-refractivity contribution in [3.8, 4) is 33.6 Å². The lowest BCUT2D eigenvalue weighted by molar-refractivity contribution is 0.669. The number of furan rings is 1. The van der Waals surface area contributed by atoms with E-state index < -0.39 is 0 Å². The second kappa shape index (κ2) is 10.8. The van der Waals surface area contributed by atoms with E-state index in [9.17, 15) is 0 Å². The Morgan fingerprint density at radius 3 is 1.20 bits per heavy atom. The molecule has 0 saturated heterocycles. The SMILES string of the molecule is c1ccc(-c2cccc3c4ccccc4n(-c4ccc5oc6ccc(-n7c8ccccc8c8cccc(-c9ccccc9)c87)cc6c5c4)c23)cc1. The fourth-order valence-electron chi connectivity index (χ4n) is 8.31. The van der Waals surface area contributed by atoms with Crippen LogP contribution in [0.2, 0.25) is 0 Å². The molecule has 3 nitrogen and oxygen atoms in total. The number of hydrogen-bond donors (Lipinski definition) is 0. The summed E-state index contributed by atoms with van der Waals surface area (Å²) in [5.41, 5.74) is 13.6. The maximum Gasteiger partial charge on any atom is 0.135 e. The summed E-state index contributed by atoms with van der Waals surface area (Å²) in [6.07, 6.45) is 0. The number of fused-ring (bicyclic) bond motifs is 9. The van der Waals surface area contributed by atoms with Crippen molar-refractivity contribution in [3.05, 3.63) is 182 Å². The van der Waals surface area contributed by atoms with Gasteiger partial charge in [0.05, 0.1) is 22.1 Å². The van der Waals surface area contributed by atoms with Gasteiger partial charge in [0.15, 0.2) is 0 Å². The summed E-state index contributed by atoms with van der Waals surface area (Å²) in [7, 11) is 0. The molecule has 11 aromatic rings. The highest BCUT2D eigenvalue weighted by Crippen LogP contribution is 2.42. The number of rotatable bonds is 4. The third-order valence-corrected chi connectivity index (χ3v) is 10.5. The Kier molecular flexibility index (Phi) is 5.96. The van der Waals surface area contributed by atoms with Gasteiger partial charge in [0, 0.05) is 54.8 Å². The molecule has 0 atom stereocenters. The summed E-state index contributed by atoms with van der Waals surface area (Å²) < 4.78 is 11.4. The van der Waals surface area contributed by atoms with Gasteiger partial charge in [-0.05, 0) is 59.7 Å². The van der Waals surface area contributed by atoms with Crippen molar-refractivity contribution in [1.29, 1.82) is 0 Å². The van der Waals surface area contributed by atoms with Crippen LogP contribution in [0.5, 0.6) is 0 Å². The Labute approximate surface area is 293 Å². The lowest BCUT2D eigenvalue weighted by Crippen LogP contribution is -1.96. The van der Waals surface area contributed by atoms with Crippen LogP contribution in [-0.4, -0.2) is 9.13 Å². The van der Waals surface area contributed by atoms with Gasteiger partial charge in [-0.1, -0.05) is 133 Å². The van der Waals surface area contributed by atoms with Crippen LogP contribution in [-0.2, 0) is 0 Å². The lowest BCUT2D eigenvalue weighted by Gasteiger charge is -2.12. The fraction of sp³-hybridized carbons (Fsp3) is 0. The summed E-state index contributed by atoms with van der Waals surface area (Å²) in [5.74, 6) is 0. The number of para-hydroxylation sites is 4. The molecule has 0 amide bonds. The van der Waals surface area contributed by atoms with Gasteiger partial charge in [0.1, 0.15) is 11.2 Å². The van der Waals surface area contributed by atoms with Crippen molar-refractivity contribution >= 4 is 65.6 Å². The van der Waals surface area contributed by atoms with Crippen molar-refractivity contribution in [2.75, 3.05) is 0 Å². The average molecular weight is 651 g/mol. The summed E-state index contributed by atoms with van der Waals surface area (Å²) in [4.78, 5) is 0. The van der Waals surface area contributed by atoms with Gasteiger partial charge in [-0.3, -0.25) is 0 Å². The van der Waals surface area contributed by atoms with Crippen LogP contribution in [0.3, 0.4) is 0 Å². The van der Waals surface area contributed by atoms with E-state index >= 15 is 0 Å². The molecule has 0 bridgehead atoms. The van der Waals surface area contributed by atoms with E-state index in [0.29, 0.717) is 0 Å². The third kappa shape index (κ3) is 4.12. The number of aromatic nitrogens is 2. The van der Waals surface area contributed by atoms with Crippen molar-refractivity contribution in [1.82, 2.24) is 9.13 Å². The van der Waals surface area contributed by atoms with E-state index in [2.05, 4.69) is 191 Å². The first-order chi connectivity index (χ1) is 25.3. The standard InChI is InChI=1S/C48H30N2O/c1-3-13-31(14-4-1)35-19-11-21-39-37-17-7-9-23-43(37)49(47(35)39)33-25-27-45-41(29-33)42-30-34(26-28-46(42)51-45)50-44-24-10-8-18-38(44)40-22-12-20-36(48(40)50)32-15-5-2-6-16-32/h1-30H. The summed E-state index contributed by atoms with van der Waals surface area (Å²) in [5, 5.41) is 7.16. The van der Waals surface area contributed by atoms with Gasteiger partial charge < -0.3 is 13.6 Å². The number of hydrogen-bond acceptors (Lipinski definition) is 1. The second-order valence-electron chi connectivity index (χ2n) is 13.3. The molecule has 51 heavy (non-hydrogen) atoms. The predicted molar refractivity (Wildman–Crippen MR) is 213 cm³/mol. The van der Waals surface area contributed by atoms with Gasteiger partial charge in [-0.25, -0.2) is 0 Å². The van der Waals surface area contributed by atoms with E-state index in [1.54, 1.807) is 0 Å². The molecule has 0 radical (unpaired) electrons. The molecule has 0 saturated carbocycles. The van der Waals surface area contributed by atoms with E-state index in [4.69, 9.17) is 4.42 Å². The zero-order valence-electron chi connectivity index (χ0n) is 27.6. The van der Waals surface area contributed by atoms with Crippen LogP contribution in [0.15, 0.2) is 186 Å². The Bertz CT molecular complexity index is 2910. The summed E-state index contributed by atoms with van der Waals surface area (Å²) in [6.45, 7) is 0. The number of benzene rings is 8. The molecule has 3 aromatic heterocycles. The molecule has 0 fully saturated rings. The summed E-state index contributed by atoms with van der Waals surface area (Å²) >= 11 is 0. The van der Waals surface area contributed by atoms with Crippen LogP contribution < -0.4 is 0 Å². The van der Waals surface area contributed by atoms with Crippen LogP contribution in [0.25, 0.3) is 99.2 Å². The molecule has 0 aliphatic rings. The van der Waals surface area contributed by atoms with Gasteiger partial charge in [0.2, 0.25) is 0 Å². The fourth-order valence-corrected chi connectivity index (χ4v) is 8.31. The predicted octanol–water partition coefficient (Wildman–Crippen LogP) is 13.1. The zero-order chi connectivity index (χ0) is 33.5. The van der Waals surface area contributed by atoms with Crippen molar-refractivity contribution in [3.63, 3.8) is 0 Å². The van der Waals surface area contributed by atoms with Crippen molar-refractivity contribution in [2.45, 2.75) is 0 Å². The molecule has 8 aromatic carbocycles. The minimum Gasteiger partial charge on any atom is -0.456 e. The Hall–Kier alpha value is -6.84. The lowest BCUT2D eigenvalue weighted by atomic mass is 10.0. The van der Waals surface area contributed by atoms with E-state index in [0.717, 1.165) is 33.3 Å². The third-order valence-electron chi connectivity index (χ3n) is 10.5. The first-order valence-corrected chi connectivity index (χ1v) is 17.4. The van der Waals surface area contributed by atoms with Gasteiger partial charge in [-0.15, -0.1) is 0 Å². The smallest absolute Gasteiger partial charge is 0.135 e. The first-order valence-electron chi connectivity index (χ1n) is 17.4. The summed E-state index contributed by atoms with van der Waals surface area (Å²) in [6, 6.07) is 65.4. The van der Waals surface area contributed by atoms with E-state index in [-0.39, 0.29) is 0 Å². The normalized spacial score (nSPS) is 11.9. The molecule has 3 heteroatoms. The van der Waals surface area contributed by atoms with Crippen molar-refractivity contribution < 1.29 is 4.42 Å². The Morgan fingerprint density at radius 1 is 0.314 bits per heavy atom. The van der Waals surface area contributed by atoms with Crippen LogP contribution >= 0.6 is 0 Å². The van der Waals surface area contributed by atoms with Crippen molar-refractivity contribution in [2.24, 2.45) is 0 Å². The maximum absolute atomic E-state index is 6.51. The molecular weight excluding hydrogens is 621 g/mol. The quantitative estimate of drug-likeness (QED) is 0.186. The van der Waals surface area contributed by atoms with E-state index in [1.165, 1.54) is 65.9 Å². The van der Waals surface area contributed by atoms with E-state index in [1.807, 2.05) is 0 Å². The minimum atomic E-state index is 0.877. The zero-order valence-corrected chi connectivity index (χ0v) is 27.6. The molecule has 0 N–H and O–H groups in total. The highest BCUT2D eigenvalue weighted by Gasteiger charge is 2.20. The molecule has 0 aliphatic heterocycles. The molecule has 0 unspecified atom stereocenters. The maximum atomic E-state index is 6.51. The highest BCUT2D eigenvalue weighted by atomic mass is 16.3.